The molecule has 4 aliphatic rings. The number of carbonyl (C=O) groups is 1. The van der Waals surface area contributed by atoms with E-state index < -0.39 is 84.3 Å². The summed E-state index contributed by atoms with van der Waals surface area (Å²) in [6.07, 6.45) is -5.46. The maximum absolute atomic E-state index is 12.9. The second-order valence-corrected chi connectivity index (χ2v) is 11.4. The number of carbonyl (C=O) groups excluding carboxylic acids is 1. The minimum absolute atomic E-state index is 0.0265. The number of ether oxygens (including phenoxy) is 4. The van der Waals surface area contributed by atoms with Crippen LogP contribution in [0.25, 0.3) is 0 Å². The Bertz CT molecular complexity index is 1010. The summed E-state index contributed by atoms with van der Waals surface area (Å²) in [5, 5.41) is 49.1. The molecule has 0 aromatic rings. The summed E-state index contributed by atoms with van der Waals surface area (Å²) in [6, 6.07) is -4.05. The molecule has 17 heteroatoms. The first kappa shape index (κ1) is 31.8. The molecule has 2 heterocycles. The first-order valence-corrected chi connectivity index (χ1v) is 13.6. The Labute approximate surface area is 237 Å². The third-order valence-electron chi connectivity index (χ3n) is 8.12. The first-order valence-electron chi connectivity index (χ1n) is 13.6. The van der Waals surface area contributed by atoms with Crippen molar-refractivity contribution in [1.29, 1.82) is 0 Å². The lowest BCUT2D eigenvalue weighted by atomic mass is 9.83. The van der Waals surface area contributed by atoms with Gasteiger partial charge < -0.3 is 78.7 Å². The van der Waals surface area contributed by atoms with E-state index in [4.69, 9.17) is 47.6 Å². The number of nitrogens with zero attached hydrogens (tertiary/aromatic N) is 1. The molecule has 4 rings (SSSR count). The minimum atomic E-state index is -1.75. The summed E-state index contributed by atoms with van der Waals surface area (Å²) in [5.41, 5.74) is 25.9. The predicted octanol–water partition coefficient (Wildman–Crippen LogP) is -5.92. The molecular weight excluding hydrogens is 544 g/mol. The molecule has 1 amide bonds. The maximum atomic E-state index is 12.9. The smallest absolute Gasteiger partial charge is 0.253 e. The maximum Gasteiger partial charge on any atom is 0.253 e. The first-order chi connectivity index (χ1) is 19.2. The second-order valence-electron chi connectivity index (χ2n) is 11.4. The van der Waals surface area contributed by atoms with Gasteiger partial charge in [0, 0.05) is 18.5 Å². The molecule has 0 aromatic carbocycles. The van der Waals surface area contributed by atoms with Gasteiger partial charge in [0.2, 0.25) is 6.29 Å². The Kier molecular flexibility index (Phi) is 9.46. The summed E-state index contributed by atoms with van der Waals surface area (Å²) >= 11 is 0. The Morgan fingerprint density at radius 1 is 1.17 bits per heavy atom. The van der Waals surface area contributed by atoms with E-state index in [2.05, 4.69) is 15.6 Å². The van der Waals surface area contributed by atoms with Gasteiger partial charge in [-0.1, -0.05) is 0 Å². The number of nitrogens with two attached hydrogens (primary N) is 5. The summed E-state index contributed by atoms with van der Waals surface area (Å²) in [7, 11) is 1.56. The van der Waals surface area contributed by atoms with E-state index >= 15 is 0 Å². The largest absolute Gasteiger partial charge is 0.466 e. The van der Waals surface area contributed by atoms with Crippen LogP contribution in [0.4, 0.5) is 0 Å². The van der Waals surface area contributed by atoms with Gasteiger partial charge in [0.1, 0.15) is 41.8 Å². The van der Waals surface area contributed by atoms with Gasteiger partial charge in [-0.2, -0.15) is 0 Å². The van der Waals surface area contributed by atoms with Crippen molar-refractivity contribution in [2.24, 2.45) is 33.7 Å². The Morgan fingerprint density at radius 3 is 2.41 bits per heavy atom. The van der Waals surface area contributed by atoms with Crippen LogP contribution < -0.4 is 39.3 Å². The number of guanidine groups is 1. The van der Waals surface area contributed by atoms with Gasteiger partial charge in [-0.25, -0.2) is 4.99 Å². The summed E-state index contributed by atoms with van der Waals surface area (Å²) in [6.45, 7) is 1.39. The van der Waals surface area contributed by atoms with Gasteiger partial charge in [0.25, 0.3) is 5.91 Å². The molecule has 2 saturated carbocycles. The fourth-order valence-corrected chi connectivity index (χ4v) is 5.64. The molecule has 16 N–H and O–H groups in total. The number of aliphatic imine (C=N–C) groups is 1. The zero-order valence-corrected chi connectivity index (χ0v) is 23.1. The second kappa shape index (κ2) is 12.2. The molecule has 2 aliphatic carbocycles. The number of nitrogens with one attached hydrogen (secondary N) is 2. The van der Waals surface area contributed by atoms with Crippen LogP contribution in [0, 0.1) is 0 Å². The topological polar surface area (TPSA) is 301 Å². The van der Waals surface area contributed by atoms with Crippen LogP contribution in [0.5, 0.6) is 0 Å². The number of hydrogen-bond donors (Lipinski definition) is 11. The summed E-state index contributed by atoms with van der Waals surface area (Å²) in [4.78, 5) is 17.0. The quantitative estimate of drug-likeness (QED) is 0.0882. The number of rotatable bonds is 9. The normalized spacial score (nSPS) is 46.2. The van der Waals surface area contributed by atoms with Crippen molar-refractivity contribution < 1.29 is 44.2 Å². The van der Waals surface area contributed by atoms with E-state index in [1.807, 2.05) is 0 Å². The standard InChI is InChI=1S/C24H44N8O9/c1-23(36)8-38-20(15(34)18(23)30-2)41-17-12(31-21(35)24(37)6-13(24)27)5-10(26)16(14(17)33)40-19-11(32-22(28)29)4-3-9(7-25)39-19/h3,10-20,30,33-34,36-37H,4-8,25-27H2,1-2H3,(H,31,35)(H4,28,29,32). The van der Waals surface area contributed by atoms with Crippen LogP contribution in [0.3, 0.4) is 0 Å². The number of hydrogen-bond acceptors (Lipinski definition) is 14. The molecule has 0 radical (unpaired) electrons. The van der Waals surface area contributed by atoms with Crippen molar-refractivity contribution in [3.8, 4) is 0 Å². The molecule has 0 bridgehead atoms. The zero-order chi connectivity index (χ0) is 30.3. The monoisotopic (exact) mass is 588 g/mol. The lowest BCUT2D eigenvalue weighted by molar-refractivity contribution is -0.304. The number of amides is 1. The highest BCUT2D eigenvalue weighted by Gasteiger charge is 2.59. The SMILES string of the molecule is CNC1C(O)C(OC2C(NC(=O)C3(O)CC3N)CC(N)C(OC3OC(CN)=CCC3N=C(N)N)C2O)OCC1(C)O. The number of likely N-dealkylation sites (N-methyl/N-ethyl adjacent to an activating group) is 1. The molecule has 1 saturated heterocycles. The molecule has 2 aliphatic heterocycles. The van der Waals surface area contributed by atoms with E-state index in [0.29, 0.717) is 12.2 Å². The van der Waals surface area contributed by atoms with E-state index in [1.165, 1.54) is 6.92 Å². The third-order valence-corrected chi connectivity index (χ3v) is 8.12. The molecular formula is C24H44N8O9. The average molecular weight is 589 g/mol. The van der Waals surface area contributed by atoms with Gasteiger partial charge in [0.15, 0.2) is 17.9 Å². The van der Waals surface area contributed by atoms with Gasteiger partial charge in [-0.3, -0.25) is 4.79 Å². The Morgan fingerprint density at radius 2 is 1.83 bits per heavy atom. The Hall–Kier alpha value is -2.16. The minimum Gasteiger partial charge on any atom is -0.466 e. The fraction of sp³-hybridized carbons (Fsp3) is 0.833. The van der Waals surface area contributed by atoms with Gasteiger partial charge in [-0.05, 0) is 32.9 Å². The molecule has 234 valence electrons. The predicted molar refractivity (Wildman–Crippen MR) is 143 cm³/mol. The van der Waals surface area contributed by atoms with Crippen LogP contribution in [0.1, 0.15) is 26.2 Å². The van der Waals surface area contributed by atoms with Gasteiger partial charge >= 0.3 is 0 Å². The third kappa shape index (κ3) is 6.60. The van der Waals surface area contributed by atoms with Crippen molar-refractivity contribution in [2.75, 3.05) is 20.2 Å². The molecule has 0 spiro atoms. The van der Waals surface area contributed by atoms with Crippen LogP contribution in [-0.2, 0) is 23.7 Å². The van der Waals surface area contributed by atoms with Crippen molar-refractivity contribution in [3.05, 3.63) is 11.8 Å². The van der Waals surface area contributed by atoms with E-state index in [1.54, 1.807) is 13.1 Å². The fourth-order valence-electron chi connectivity index (χ4n) is 5.64. The highest BCUT2D eigenvalue weighted by atomic mass is 16.7. The van der Waals surface area contributed by atoms with Gasteiger partial charge in [-0.15, -0.1) is 0 Å². The molecule has 17 nitrogen and oxygen atoms in total. The zero-order valence-electron chi connectivity index (χ0n) is 23.1. The molecule has 13 atom stereocenters. The van der Waals surface area contributed by atoms with Crippen molar-refractivity contribution >= 4 is 11.9 Å². The Balaban J connectivity index is 1.58. The molecule has 0 aromatic heterocycles. The summed E-state index contributed by atoms with van der Waals surface area (Å²) in [5.74, 6) is -0.500. The van der Waals surface area contributed by atoms with Crippen LogP contribution in [0.15, 0.2) is 16.8 Å². The van der Waals surface area contributed by atoms with Crippen LogP contribution >= 0.6 is 0 Å². The lowest BCUT2D eigenvalue weighted by Gasteiger charge is -2.48. The number of aliphatic hydroxyl groups excluding tert-OH is 2. The van der Waals surface area contributed by atoms with Crippen molar-refractivity contribution in [2.45, 2.75) is 105 Å². The van der Waals surface area contributed by atoms with Crippen LogP contribution in [-0.4, -0.2) is 131 Å². The lowest BCUT2D eigenvalue weighted by Crippen LogP contribution is -2.69. The molecule has 13 unspecified atom stereocenters. The molecule has 41 heavy (non-hydrogen) atoms. The van der Waals surface area contributed by atoms with E-state index in [9.17, 15) is 25.2 Å². The van der Waals surface area contributed by atoms with Crippen molar-refractivity contribution in [3.63, 3.8) is 0 Å². The van der Waals surface area contributed by atoms with Crippen LogP contribution in [0.2, 0.25) is 0 Å². The summed E-state index contributed by atoms with van der Waals surface area (Å²) < 4.78 is 23.7. The van der Waals surface area contributed by atoms with Gasteiger partial charge in [0.05, 0.1) is 25.2 Å². The average Bonchev–Trinajstić information content (AvgIpc) is 3.53. The van der Waals surface area contributed by atoms with E-state index in [-0.39, 0.29) is 32.0 Å². The number of aliphatic hydroxyl groups is 4. The van der Waals surface area contributed by atoms with E-state index in [0.717, 1.165) is 0 Å². The highest BCUT2D eigenvalue weighted by Crippen LogP contribution is 2.36. The highest BCUT2D eigenvalue weighted by molar-refractivity contribution is 5.89. The van der Waals surface area contributed by atoms with Crippen molar-refractivity contribution in [1.82, 2.24) is 10.6 Å². The molecule has 3 fully saturated rings.